The molecule has 0 heterocycles. The van der Waals surface area contributed by atoms with Gasteiger partial charge in [-0.1, -0.05) is 18.5 Å². The Morgan fingerprint density at radius 3 is 3.00 bits per heavy atom. The van der Waals surface area contributed by atoms with Crippen molar-refractivity contribution in [2.45, 2.75) is 19.8 Å². The molecule has 0 unspecified atom stereocenters. The van der Waals surface area contributed by atoms with Gasteiger partial charge in [-0.3, -0.25) is 0 Å². The third kappa shape index (κ3) is 5.43. The fourth-order valence-corrected chi connectivity index (χ4v) is 0.225. The van der Waals surface area contributed by atoms with Crippen molar-refractivity contribution in [3.05, 3.63) is 0 Å². The molecule has 0 aromatic rings. The second-order valence-corrected chi connectivity index (χ2v) is 1.18. The Balaban J connectivity index is 2.78. The summed E-state index contributed by atoms with van der Waals surface area (Å²) >= 11 is 0. The van der Waals surface area contributed by atoms with Gasteiger partial charge in [-0.2, -0.15) is 0 Å². The lowest BCUT2D eigenvalue weighted by Crippen LogP contribution is -1.89. The van der Waals surface area contributed by atoms with Crippen molar-refractivity contribution in [1.29, 1.82) is 0 Å². The van der Waals surface area contributed by atoms with Crippen LogP contribution in [0.15, 0.2) is 5.16 Å². The first-order valence-corrected chi connectivity index (χ1v) is 2.29. The molecule has 0 amide bonds. The van der Waals surface area contributed by atoms with Crippen molar-refractivity contribution < 1.29 is 4.94 Å². The van der Waals surface area contributed by atoms with E-state index in [4.69, 9.17) is 0 Å². The van der Waals surface area contributed by atoms with Crippen LogP contribution >= 0.6 is 0 Å². The number of hydrogen-bond donors (Lipinski definition) is 1. The summed E-state index contributed by atoms with van der Waals surface area (Å²) in [7, 11) is 0. The van der Waals surface area contributed by atoms with E-state index in [0.717, 1.165) is 12.8 Å². The van der Waals surface area contributed by atoms with Gasteiger partial charge in [0.15, 0.2) is 0 Å². The first-order valence-electron chi connectivity index (χ1n) is 2.29. The molecule has 0 fully saturated rings. The molecule has 0 bridgehead atoms. The first kappa shape index (κ1) is 6.43. The van der Waals surface area contributed by atoms with Crippen molar-refractivity contribution in [2.75, 3.05) is 0 Å². The van der Waals surface area contributed by atoms with Gasteiger partial charge in [0.25, 0.3) is 0 Å². The summed E-state index contributed by atoms with van der Waals surface area (Å²) in [6, 6.07) is 0. The van der Waals surface area contributed by atoms with E-state index in [1.54, 1.807) is 6.21 Å². The molecule has 0 saturated carbocycles. The van der Waals surface area contributed by atoms with Gasteiger partial charge in [0, 0.05) is 6.21 Å². The Hall–Kier alpha value is -0.570. The van der Waals surface area contributed by atoms with Crippen molar-refractivity contribution in [1.82, 2.24) is 0 Å². The molecule has 42 valence electrons. The lowest BCUT2D eigenvalue weighted by molar-refractivity contribution is 0.150. The van der Waals surface area contributed by atoms with Gasteiger partial charge in [-0.05, 0) is 6.42 Å². The largest absolute Gasteiger partial charge is 0.303 e. The highest BCUT2D eigenvalue weighted by molar-refractivity contribution is 5.55. The molecule has 2 N–H and O–H groups in total. The number of rotatable bonds is 3. The van der Waals surface area contributed by atoms with Gasteiger partial charge in [-0.25, -0.2) is 0 Å². The van der Waals surface area contributed by atoms with Crippen LogP contribution in [0, 0.1) is 0 Å². The maximum atomic E-state index is 4.57. The summed E-state index contributed by atoms with van der Waals surface area (Å²) in [6.07, 6.45) is 3.64. The summed E-state index contributed by atoms with van der Waals surface area (Å²) in [5, 5.41) is 3.31. The smallest absolute Gasteiger partial charge is 0.0462 e. The van der Waals surface area contributed by atoms with Crippen molar-refractivity contribution >= 4 is 6.21 Å². The van der Waals surface area contributed by atoms with Crippen LogP contribution in [0.3, 0.4) is 0 Å². The minimum Gasteiger partial charge on any atom is -0.303 e. The molecule has 7 heavy (non-hydrogen) atoms. The molecular formula is C4H10N2O. The molecule has 0 rings (SSSR count). The summed E-state index contributed by atoms with van der Waals surface area (Å²) < 4.78 is 0. The Morgan fingerprint density at radius 1 is 1.86 bits per heavy atom. The number of hydrogen-bond acceptors (Lipinski definition) is 3. The van der Waals surface area contributed by atoms with Gasteiger partial charge in [0.1, 0.15) is 0 Å². The van der Waals surface area contributed by atoms with Crippen LogP contribution in [0.5, 0.6) is 0 Å². The Morgan fingerprint density at radius 2 is 2.57 bits per heavy atom. The monoisotopic (exact) mass is 102 g/mol. The predicted octanol–water partition coefficient (Wildman–Crippen LogP) is 0.663. The van der Waals surface area contributed by atoms with Crippen LogP contribution < -0.4 is 5.90 Å². The SMILES string of the molecule is CCCC=NON. The van der Waals surface area contributed by atoms with Crippen LogP contribution in [0.4, 0.5) is 0 Å². The maximum absolute atomic E-state index is 4.57. The molecular weight excluding hydrogens is 92.1 g/mol. The highest BCUT2D eigenvalue weighted by Gasteiger charge is 1.69. The van der Waals surface area contributed by atoms with Crippen LogP contribution in [-0.4, -0.2) is 6.21 Å². The summed E-state index contributed by atoms with van der Waals surface area (Å²) in [5.41, 5.74) is 0. The number of nitrogens with zero attached hydrogens (tertiary/aromatic N) is 1. The lowest BCUT2D eigenvalue weighted by Gasteiger charge is -1.81. The maximum Gasteiger partial charge on any atom is 0.0462 e. The van der Waals surface area contributed by atoms with Crippen LogP contribution in [0.2, 0.25) is 0 Å². The zero-order chi connectivity index (χ0) is 5.54. The van der Waals surface area contributed by atoms with Crippen LogP contribution in [0.25, 0.3) is 0 Å². The second kappa shape index (κ2) is 5.43. The average molecular weight is 102 g/mol. The first-order chi connectivity index (χ1) is 3.41. The van der Waals surface area contributed by atoms with Crippen molar-refractivity contribution in [2.24, 2.45) is 11.1 Å². The van der Waals surface area contributed by atoms with Gasteiger partial charge in [-0.15, -0.1) is 5.90 Å². The van der Waals surface area contributed by atoms with Crippen LogP contribution in [-0.2, 0) is 4.94 Å². The molecule has 0 aromatic heterocycles. The van der Waals surface area contributed by atoms with E-state index in [1.165, 1.54) is 0 Å². The number of nitrogens with two attached hydrogens (primary N) is 1. The van der Waals surface area contributed by atoms with Crippen molar-refractivity contribution in [3.8, 4) is 0 Å². The molecule has 3 heteroatoms. The Bertz CT molecular complexity index is 53.7. The molecule has 0 aliphatic heterocycles. The summed E-state index contributed by atoms with van der Waals surface area (Å²) in [4.78, 5) is 3.91. The van der Waals surface area contributed by atoms with Gasteiger partial charge < -0.3 is 4.94 Å². The third-order valence-electron chi connectivity index (χ3n) is 0.553. The molecule has 0 atom stereocenters. The zero-order valence-corrected chi connectivity index (χ0v) is 4.42. The van der Waals surface area contributed by atoms with E-state index in [-0.39, 0.29) is 0 Å². The number of oxime groups is 1. The summed E-state index contributed by atoms with van der Waals surface area (Å²) in [5.74, 6) is 4.57. The van der Waals surface area contributed by atoms with Gasteiger partial charge in [0.05, 0.1) is 0 Å². The topological polar surface area (TPSA) is 47.6 Å². The highest BCUT2D eigenvalue weighted by atomic mass is 16.7. The standard InChI is InChI=1S/C4H10N2O/c1-2-3-4-6-7-5/h4H,2-3,5H2,1H3. The van der Waals surface area contributed by atoms with E-state index in [1.807, 2.05) is 0 Å². The quantitative estimate of drug-likeness (QED) is 0.420. The molecule has 0 aliphatic carbocycles. The zero-order valence-electron chi connectivity index (χ0n) is 4.42. The fourth-order valence-electron chi connectivity index (χ4n) is 0.225. The third-order valence-corrected chi connectivity index (χ3v) is 0.553. The van der Waals surface area contributed by atoms with E-state index in [2.05, 4.69) is 22.9 Å². The average Bonchev–Trinajstić information content (AvgIpc) is 1.69. The molecule has 0 aliphatic rings. The predicted molar refractivity (Wildman–Crippen MR) is 28.7 cm³/mol. The second-order valence-electron chi connectivity index (χ2n) is 1.18. The molecule has 0 saturated heterocycles. The molecule has 0 spiro atoms. The highest BCUT2D eigenvalue weighted by Crippen LogP contribution is 1.78. The minimum absolute atomic E-state index is 0.928. The van der Waals surface area contributed by atoms with Crippen molar-refractivity contribution in [3.63, 3.8) is 0 Å². The molecule has 3 nitrogen and oxygen atoms in total. The Labute approximate surface area is 43.1 Å². The molecule has 0 radical (unpaired) electrons. The fraction of sp³-hybridized carbons (Fsp3) is 0.750. The Kier molecular flexibility index (Phi) is 4.99. The van der Waals surface area contributed by atoms with E-state index in [9.17, 15) is 0 Å². The van der Waals surface area contributed by atoms with Gasteiger partial charge in [0.2, 0.25) is 0 Å². The lowest BCUT2D eigenvalue weighted by atomic mass is 10.4. The molecule has 0 aromatic carbocycles. The van der Waals surface area contributed by atoms with Gasteiger partial charge >= 0.3 is 0 Å². The summed E-state index contributed by atoms with van der Waals surface area (Å²) in [6.45, 7) is 2.06. The van der Waals surface area contributed by atoms with E-state index >= 15 is 0 Å². The van der Waals surface area contributed by atoms with Crippen LogP contribution in [0.1, 0.15) is 19.8 Å². The minimum atomic E-state index is 0.928. The van der Waals surface area contributed by atoms with E-state index in [0.29, 0.717) is 0 Å². The number of unbranched alkanes of at least 4 members (excludes halogenated alkanes) is 1. The van der Waals surface area contributed by atoms with E-state index < -0.39 is 0 Å². The normalized spacial score (nSPS) is 10.0.